The minimum atomic E-state index is -0.910. The van der Waals surface area contributed by atoms with Crippen LogP contribution in [0.25, 0.3) is 0 Å². The van der Waals surface area contributed by atoms with Gasteiger partial charge in [-0.1, -0.05) is 37.3 Å². The van der Waals surface area contributed by atoms with Crippen molar-refractivity contribution in [1.29, 1.82) is 0 Å². The number of hydrogen-bond donors (Lipinski definition) is 3. The summed E-state index contributed by atoms with van der Waals surface area (Å²) in [4.78, 5) is 11.7. The second-order valence-electron chi connectivity index (χ2n) is 5.00. The summed E-state index contributed by atoms with van der Waals surface area (Å²) in [6.07, 6.45) is -0.910. The van der Waals surface area contributed by atoms with Crippen molar-refractivity contribution in [3.63, 3.8) is 0 Å². The first-order valence-corrected chi connectivity index (χ1v) is 7.59. The van der Waals surface area contributed by atoms with E-state index in [0.29, 0.717) is 10.7 Å². The van der Waals surface area contributed by atoms with Crippen LogP contribution in [0.4, 0.5) is 14.3 Å². The number of aromatic nitrogens is 2. The largest absolute Gasteiger partial charge is 0.387 e. The molecular formula is C14H17FN4O2S. The first-order chi connectivity index (χ1) is 10.5. The quantitative estimate of drug-likeness (QED) is 0.789. The Labute approximate surface area is 131 Å². The van der Waals surface area contributed by atoms with Gasteiger partial charge in [0.15, 0.2) is 0 Å². The van der Waals surface area contributed by atoms with Crippen molar-refractivity contribution in [2.24, 2.45) is 0 Å². The Balaban J connectivity index is 1.83. The molecular weight excluding hydrogens is 307 g/mol. The summed E-state index contributed by atoms with van der Waals surface area (Å²) in [5.41, 5.74) is 0.528. The minimum Gasteiger partial charge on any atom is -0.387 e. The van der Waals surface area contributed by atoms with Crippen molar-refractivity contribution >= 4 is 22.5 Å². The molecule has 0 aliphatic carbocycles. The monoisotopic (exact) mass is 324 g/mol. The molecule has 0 aliphatic heterocycles. The molecule has 22 heavy (non-hydrogen) atoms. The van der Waals surface area contributed by atoms with Gasteiger partial charge in [0.2, 0.25) is 5.13 Å². The summed E-state index contributed by atoms with van der Waals surface area (Å²) in [6.45, 7) is 3.99. The van der Waals surface area contributed by atoms with Crippen molar-refractivity contribution in [3.05, 3.63) is 40.7 Å². The van der Waals surface area contributed by atoms with Gasteiger partial charge in [-0.15, -0.1) is 10.2 Å². The van der Waals surface area contributed by atoms with E-state index in [1.807, 2.05) is 13.8 Å². The van der Waals surface area contributed by atoms with E-state index in [4.69, 9.17) is 0 Å². The number of aliphatic hydroxyl groups is 1. The zero-order valence-corrected chi connectivity index (χ0v) is 13.0. The van der Waals surface area contributed by atoms with Gasteiger partial charge in [-0.05, 0) is 17.7 Å². The van der Waals surface area contributed by atoms with Gasteiger partial charge < -0.3 is 10.4 Å². The number of urea groups is 1. The Morgan fingerprint density at radius 3 is 2.59 bits per heavy atom. The van der Waals surface area contributed by atoms with Gasteiger partial charge >= 0.3 is 6.03 Å². The first kappa shape index (κ1) is 16.3. The lowest BCUT2D eigenvalue weighted by atomic mass is 10.1. The number of nitrogens with one attached hydrogen (secondary N) is 2. The number of carbonyl (C=O) groups excluding carboxylic acids is 1. The van der Waals surface area contributed by atoms with Crippen LogP contribution >= 0.6 is 11.3 Å². The standard InChI is InChI=1S/C14H17FN4O2S/c1-8(2)12-18-19-14(22-12)17-13(21)16-7-11(20)9-3-5-10(15)6-4-9/h3-6,8,11,20H,7H2,1-2H3,(H2,16,17,19,21)/t11-/m1/s1. The molecule has 0 saturated heterocycles. The molecule has 0 bridgehead atoms. The number of halogens is 1. The van der Waals surface area contributed by atoms with Gasteiger partial charge in [-0.25, -0.2) is 9.18 Å². The third-order valence-corrected chi connectivity index (χ3v) is 4.00. The predicted molar refractivity (Wildman–Crippen MR) is 82.4 cm³/mol. The van der Waals surface area contributed by atoms with E-state index < -0.39 is 12.1 Å². The average molecular weight is 324 g/mol. The van der Waals surface area contributed by atoms with Crippen LogP contribution < -0.4 is 10.6 Å². The third kappa shape index (κ3) is 4.47. The Hall–Kier alpha value is -2.06. The molecule has 1 atom stereocenters. The van der Waals surface area contributed by atoms with Crippen molar-refractivity contribution in [2.45, 2.75) is 25.9 Å². The predicted octanol–water partition coefficient (Wildman–Crippen LogP) is 2.66. The Bertz CT molecular complexity index is 630. The van der Waals surface area contributed by atoms with Crippen LogP contribution in [0.3, 0.4) is 0 Å². The maximum atomic E-state index is 12.8. The Morgan fingerprint density at radius 2 is 2.00 bits per heavy atom. The highest BCUT2D eigenvalue weighted by Gasteiger charge is 2.12. The molecule has 2 amide bonds. The number of rotatable bonds is 5. The van der Waals surface area contributed by atoms with E-state index in [9.17, 15) is 14.3 Å². The summed E-state index contributed by atoms with van der Waals surface area (Å²) in [7, 11) is 0. The molecule has 118 valence electrons. The van der Waals surface area contributed by atoms with Gasteiger partial charge in [0.1, 0.15) is 10.8 Å². The van der Waals surface area contributed by atoms with Crippen LogP contribution in [-0.4, -0.2) is 27.9 Å². The van der Waals surface area contributed by atoms with Gasteiger partial charge in [0.25, 0.3) is 0 Å². The summed E-state index contributed by atoms with van der Waals surface area (Å²) in [6, 6.07) is 4.98. The van der Waals surface area contributed by atoms with Gasteiger partial charge in [-0.2, -0.15) is 0 Å². The molecule has 0 saturated carbocycles. The maximum absolute atomic E-state index is 12.8. The fraction of sp³-hybridized carbons (Fsp3) is 0.357. The number of benzene rings is 1. The van der Waals surface area contributed by atoms with Crippen molar-refractivity contribution < 1.29 is 14.3 Å². The minimum absolute atomic E-state index is 0.00725. The topological polar surface area (TPSA) is 87.1 Å². The van der Waals surface area contributed by atoms with Crippen LogP contribution in [0, 0.1) is 5.82 Å². The summed E-state index contributed by atoms with van der Waals surface area (Å²) < 4.78 is 12.8. The molecule has 6 nitrogen and oxygen atoms in total. The zero-order chi connectivity index (χ0) is 16.1. The Morgan fingerprint density at radius 1 is 1.32 bits per heavy atom. The molecule has 2 aromatic rings. The lowest BCUT2D eigenvalue weighted by Gasteiger charge is -2.12. The first-order valence-electron chi connectivity index (χ1n) is 6.77. The van der Waals surface area contributed by atoms with E-state index in [0.717, 1.165) is 5.01 Å². The highest BCUT2D eigenvalue weighted by molar-refractivity contribution is 7.15. The molecule has 1 aromatic heterocycles. The smallest absolute Gasteiger partial charge is 0.321 e. The van der Waals surface area contributed by atoms with Crippen LogP contribution in [-0.2, 0) is 0 Å². The fourth-order valence-corrected chi connectivity index (χ4v) is 2.39. The molecule has 1 aromatic carbocycles. The number of hydrogen-bond acceptors (Lipinski definition) is 5. The number of amides is 2. The van der Waals surface area contributed by atoms with E-state index in [1.165, 1.54) is 35.6 Å². The molecule has 0 unspecified atom stereocenters. The number of anilines is 1. The lowest BCUT2D eigenvalue weighted by molar-refractivity contribution is 0.175. The molecule has 0 aliphatic rings. The molecule has 2 rings (SSSR count). The van der Waals surface area contributed by atoms with E-state index >= 15 is 0 Å². The fourth-order valence-electron chi connectivity index (χ4n) is 1.65. The summed E-state index contributed by atoms with van der Waals surface area (Å²) >= 11 is 1.30. The van der Waals surface area contributed by atoms with Crippen LogP contribution in [0.1, 0.15) is 36.4 Å². The highest BCUT2D eigenvalue weighted by atomic mass is 32.1. The van der Waals surface area contributed by atoms with E-state index in [-0.39, 0.29) is 18.3 Å². The number of nitrogens with zero attached hydrogens (tertiary/aromatic N) is 2. The Kier molecular flexibility index (Phi) is 5.40. The zero-order valence-electron chi connectivity index (χ0n) is 12.2. The second-order valence-corrected chi connectivity index (χ2v) is 6.01. The SMILES string of the molecule is CC(C)c1nnc(NC(=O)NC[C@@H](O)c2ccc(F)cc2)s1. The lowest BCUT2D eigenvalue weighted by Crippen LogP contribution is -2.32. The average Bonchev–Trinajstić information content (AvgIpc) is 2.94. The highest BCUT2D eigenvalue weighted by Crippen LogP contribution is 2.22. The number of aliphatic hydroxyl groups excluding tert-OH is 1. The normalized spacial score (nSPS) is 12.2. The van der Waals surface area contributed by atoms with Crippen molar-refractivity contribution in [3.8, 4) is 0 Å². The van der Waals surface area contributed by atoms with Gasteiger partial charge in [-0.3, -0.25) is 5.32 Å². The summed E-state index contributed by atoms with van der Waals surface area (Å²) in [5.74, 6) is -0.129. The van der Waals surface area contributed by atoms with Crippen LogP contribution in [0.5, 0.6) is 0 Å². The van der Waals surface area contributed by atoms with Crippen molar-refractivity contribution in [1.82, 2.24) is 15.5 Å². The molecule has 0 fully saturated rings. The molecule has 3 N–H and O–H groups in total. The van der Waals surface area contributed by atoms with E-state index in [2.05, 4.69) is 20.8 Å². The number of carbonyl (C=O) groups is 1. The molecule has 0 spiro atoms. The van der Waals surface area contributed by atoms with Crippen LogP contribution in [0.15, 0.2) is 24.3 Å². The van der Waals surface area contributed by atoms with Crippen molar-refractivity contribution in [2.75, 3.05) is 11.9 Å². The second kappa shape index (κ2) is 7.28. The third-order valence-electron chi connectivity index (χ3n) is 2.87. The summed E-state index contributed by atoms with van der Waals surface area (Å²) in [5, 5.41) is 24.1. The molecule has 1 heterocycles. The van der Waals surface area contributed by atoms with Gasteiger partial charge in [0, 0.05) is 12.5 Å². The van der Waals surface area contributed by atoms with Gasteiger partial charge in [0.05, 0.1) is 6.10 Å². The molecule has 0 radical (unpaired) electrons. The van der Waals surface area contributed by atoms with Crippen LogP contribution in [0.2, 0.25) is 0 Å². The molecule has 8 heteroatoms. The maximum Gasteiger partial charge on any atom is 0.321 e. The van der Waals surface area contributed by atoms with E-state index in [1.54, 1.807) is 0 Å².